The highest BCUT2D eigenvalue weighted by atomic mass is 32.2. The Morgan fingerprint density at radius 2 is 2.00 bits per heavy atom. The maximum Gasteiger partial charge on any atom is 0.210 e. The quantitative estimate of drug-likeness (QED) is 0.641. The van der Waals surface area contributed by atoms with Crippen LogP contribution in [0.5, 0.6) is 0 Å². The summed E-state index contributed by atoms with van der Waals surface area (Å²) < 4.78 is 21.4. The molecule has 1 aliphatic rings. The summed E-state index contributed by atoms with van der Waals surface area (Å²) in [6.45, 7) is 5.84. The van der Waals surface area contributed by atoms with E-state index in [1.807, 2.05) is 0 Å². The van der Waals surface area contributed by atoms with E-state index in [9.17, 15) is 8.42 Å². The van der Waals surface area contributed by atoms with Gasteiger partial charge in [0.15, 0.2) is 0 Å². The molecule has 5 nitrogen and oxygen atoms in total. The van der Waals surface area contributed by atoms with Crippen molar-refractivity contribution in [3.05, 3.63) is 0 Å². The van der Waals surface area contributed by atoms with Gasteiger partial charge in [0.05, 0.1) is 5.75 Å². The van der Waals surface area contributed by atoms with Gasteiger partial charge in [0.1, 0.15) is 0 Å². The zero-order chi connectivity index (χ0) is 11.3. The number of hydrogen-bond acceptors (Lipinski definition) is 4. The molecule has 1 fully saturated rings. The molecule has 0 aromatic carbocycles. The van der Waals surface area contributed by atoms with Gasteiger partial charge < -0.3 is 10.2 Å². The van der Waals surface area contributed by atoms with Crippen LogP contribution >= 0.6 is 0 Å². The Kier molecular flexibility index (Phi) is 4.98. The van der Waals surface area contributed by atoms with Gasteiger partial charge in [-0.1, -0.05) is 0 Å². The predicted octanol–water partition coefficient (Wildman–Crippen LogP) is -0.651. The zero-order valence-electron chi connectivity index (χ0n) is 9.28. The van der Waals surface area contributed by atoms with Gasteiger partial charge in [-0.25, -0.2) is 13.6 Å². The Morgan fingerprint density at radius 1 is 1.40 bits per heavy atom. The number of primary sulfonamides is 1. The summed E-state index contributed by atoms with van der Waals surface area (Å²) in [5.41, 5.74) is 0. The minimum absolute atomic E-state index is 0.0112. The molecule has 0 aromatic rings. The van der Waals surface area contributed by atoms with Crippen molar-refractivity contribution in [3.8, 4) is 0 Å². The highest BCUT2D eigenvalue weighted by Crippen LogP contribution is 2.07. The molecule has 0 bridgehead atoms. The summed E-state index contributed by atoms with van der Waals surface area (Å²) in [6.07, 6.45) is 2.56. The standard InChI is InChI=1S/C9H21N3O2S/c1-9(8-12-5-2-3-6-12)11-4-7-15(10,13)14/h9,11H,2-8H2,1H3,(H2,10,13,14). The van der Waals surface area contributed by atoms with Gasteiger partial charge in [-0.3, -0.25) is 0 Å². The molecule has 1 heterocycles. The van der Waals surface area contributed by atoms with E-state index >= 15 is 0 Å². The first-order valence-electron chi connectivity index (χ1n) is 5.43. The van der Waals surface area contributed by atoms with Crippen LogP contribution in [0.3, 0.4) is 0 Å². The van der Waals surface area contributed by atoms with Crippen LogP contribution in [0.4, 0.5) is 0 Å². The molecule has 15 heavy (non-hydrogen) atoms. The van der Waals surface area contributed by atoms with E-state index in [0.717, 1.165) is 6.54 Å². The van der Waals surface area contributed by atoms with Crippen LogP contribution in [0, 0.1) is 0 Å². The molecule has 0 aromatic heterocycles. The maximum absolute atomic E-state index is 10.7. The number of likely N-dealkylation sites (tertiary alicyclic amines) is 1. The van der Waals surface area contributed by atoms with Gasteiger partial charge in [-0.15, -0.1) is 0 Å². The highest BCUT2D eigenvalue weighted by molar-refractivity contribution is 7.89. The largest absolute Gasteiger partial charge is 0.312 e. The minimum Gasteiger partial charge on any atom is -0.312 e. The molecular formula is C9H21N3O2S. The molecule has 0 aliphatic carbocycles. The average molecular weight is 235 g/mol. The monoisotopic (exact) mass is 235 g/mol. The first-order chi connectivity index (χ1) is 6.97. The van der Waals surface area contributed by atoms with Crippen molar-refractivity contribution >= 4 is 10.0 Å². The number of rotatable bonds is 6. The lowest BCUT2D eigenvalue weighted by atomic mass is 10.3. The van der Waals surface area contributed by atoms with Crippen LogP contribution in [0.2, 0.25) is 0 Å². The Balaban J connectivity index is 2.10. The number of sulfonamides is 1. The van der Waals surface area contributed by atoms with Crippen LogP contribution in [0.25, 0.3) is 0 Å². The second-order valence-electron chi connectivity index (χ2n) is 4.23. The summed E-state index contributed by atoms with van der Waals surface area (Å²) in [7, 11) is -3.32. The topological polar surface area (TPSA) is 75.4 Å². The van der Waals surface area contributed by atoms with E-state index in [1.165, 1.54) is 25.9 Å². The number of nitrogens with zero attached hydrogens (tertiary/aromatic N) is 1. The molecule has 0 amide bonds. The Morgan fingerprint density at radius 3 is 2.53 bits per heavy atom. The summed E-state index contributed by atoms with van der Waals surface area (Å²) >= 11 is 0. The van der Waals surface area contributed by atoms with Crippen LogP contribution in [-0.4, -0.2) is 51.3 Å². The molecule has 1 rings (SSSR count). The third-order valence-electron chi connectivity index (χ3n) is 2.61. The molecular weight excluding hydrogens is 214 g/mol. The van der Waals surface area contributed by atoms with E-state index in [4.69, 9.17) is 5.14 Å². The first kappa shape index (κ1) is 12.9. The molecule has 6 heteroatoms. The fourth-order valence-electron chi connectivity index (χ4n) is 1.86. The molecule has 3 N–H and O–H groups in total. The highest BCUT2D eigenvalue weighted by Gasteiger charge is 2.14. The summed E-state index contributed by atoms with van der Waals surface area (Å²) in [5.74, 6) is 0.0112. The van der Waals surface area contributed by atoms with Gasteiger partial charge in [0.25, 0.3) is 0 Å². The normalized spacial score (nSPS) is 20.7. The lowest BCUT2D eigenvalue weighted by Gasteiger charge is -2.20. The van der Waals surface area contributed by atoms with Crippen molar-refractivity contribution in [1.82, 2.24) is 10.2 Å². The van der Waals surface area contributed by atoms with Crippen molar-refractivity contribution < 1.29 is 8.42 Å². The molecule has 1 unspecified atom stereocenters. The van der Waals surface area contributed by atoms with Crippen molar-refractivity contribution in [3.63, 3.8) is 0 Å². The van der Waals surface area contributed by atoms with Gasteiger partial charge in [0, 0.05) is 19.1 Å². The number of nitrogens with one attached hydrogen (secondary N) is 1. The lowest BCUT2D eigenvalue weighted by Crippen LogP contribution is -2.40. The molecule has 90 valence electrons. The van der Waals surface area contributed by atoms with Crippen molar-refractivity contribution in [2.24, 2.45) is 5.14 Å². The first-order valence-corrected chi connectivity index (χ1v) is 7.15. The molecule has 0 saturated carbocycles. The van der Waals surface area contributed by atoms with Crippen molar-refractivity contribution in [2.45, 2.75) is 25.8 Å². The number of nitrogens with two attached hydrogens (primary N) is 1. The summed E-state index contributed by atoms with van der Waals surface area (Å²) in [6, 6.07) is 0.324. The van der Waals surface area contributed by atoms with Gasteiger partial charge in [0.2, 0.25) is 10.0 Å². The Hall–Kier alpha value is -0.170. The number of hydrogen-bond donors (Lipinski definition) is 2. The van der Waals surface area contributed by atoms with Crippen LogP contribution in [0.15, 0.2) is 0 Å². The van der Waals surface area contributed by atoms with Gasteiger partial charge in [-0.05, 0) is 32.9 Å². The smallest absolute Gasteiger partial charge is 0.210 e. The molecule has 1 atom stereocenters. The SMILES string of the molecule is CC(CN1CCCC1)NCCS(N)(=O)=O. The second kappa shape index (κ2) is 5.79. The molecule has 0 spiro atoms. The third kappa shape index (κ3) is 6.09. The summed E-state index contributed by atoms with van der Waals surface area (Å²) in [5, 5.41) is 8.07. The van der Waals surface area contributed by atoms with Crippen LogP contribution in [0.1, 0.15) is 19.8 Å². The average Bonchev–Trinajstić information content (AvgIpc) is 2.54. The Labute approximate surface area is 92.1 Å². The Bertz CT molecular complexity index is 273. The van der Waals surface area contributed by atoms with Crippen LogP contribution in [-0.2, 0) is 10.0 Å². The lowest BCUT2D eigenvalue weighted by molar-refractivity contribution is 0.301. The minimum atomic E-state index is -3.32. The van der Waals surface area contributed by atoms with E-state index < -0.39 is 10.0 Å². The zero-order valence-corrected chi connectivity index (χ0v) is 10.1. The third-order valence-corrected chi connectivity index (χ3v) is 3.38. The second-order valence-corrected chi connectivity index (χ2v) is 5.96. The van der Waals surface area contributed by atoms with Crippen molar-refractivity contribution in [1.29, 1.82) is 0 Å². The van der Waals surface area contributed by atoms with E-state index in [2.05, 4.69) is 17.1 Å². The fraction of sp³-hybridized carbons (Fsp3) is 1.00. The molecule has 1 saturated heterocycles. The van der Waals surface area contributed by atoms with Gasteiger partial charge in [-0.2, -0.15) is 0 Å². The van der Waals surface area contributed by atoms with E-state index in [-0.39, 0.29) is 5.75 Å². The van der Waals surface area contributed by atoms with Gasteiger partial charge >= 0.3 is 0 Å². The molecule has 0 radical (unpaired) electrons. The van der Waals surface area contributed by atoms with Crippen molar-refractivity contribution in [2.75, 3.05) is 31.9 Å². The predicted molar refractivity (Wildman–Crippen MR) is 61.1 cm³/mol. The summed E-state index contributed by atoms with van der Waals surface area (Å²) in [4.78, 5) is 2.40. The maximum atomic E-state index is 10.7. The molecule has 1 aliphatic heterocycles. The van der Waals surface area contributed by atoms with E-state index in [1.54, 1.807) is 0 Å². The fourth-order valence-corrected chi connectivity index (χ4v) is 2.27. The van der Waals surface area contributed by atoms with Crippen LogP contribution < -0.4 is 10.5 Å². The van der Waals surface area contributed by atoms with E-state index in [0.29, 0.717) is 12.6 Å².